The van der Waals surface area contributed by atoms with Gasteiger partial charge in [0.2, 0.25) is 10.0 Å². The van der Waals surface area contributed by atoms with Crippen molar-refractivity contribution in [2.75, 3.05) is 32.7 Å². The fourth-order valence-corrected chi connectivity index (χ4v) is 4.06. The second-order valence-electron chi connectivity index (χ2n) is 4.60. The predicted octanol–water partition coefficient (Wildman–Crippen LogP) is 1.04. The second kappa shape index (κ2) is 6.42. The van der Waals surface area contributed by atoms with Crippen LogP contribution in [0.5, 0.6) is 0 Å². The summed E-state index contributed by atoms with van der Waals surface area (Å²) in [6, 6.07) is 8.14. The fraction of sp³-hybridized carbons (Fsp3) is 0.385. The van der Waals surface area contributed by atoms with E-state index in [0.29, 0.717) is 32.7 Å². The Bertz CT molecular complexity index is 713. The number of nitrogens with zero attached hydrogens (tertiary/aromatic N) is 4. The molecule has 0 saturated carbocycles. The van der Waals surface area contributed by atoms with Gasteiger partial charge in [0, 0.05) is 26.2 Å². The number of halogens is 1. The maximum Gasteiger partial charge on any atom is 0.244 e. The van der Waals surface area contributed by atoms with E-state index in [9.17, 15) is 8.42 Å². The van der Waals surface area contributed by atoms with Gasteiger partial charge in [0.1, 0.15) is 4.90 Å². The van der Waals surface area contributed by atoms with E-state index in [1.165, 1.54) is 22.5 Å². The van der Waals surface area contributed by atoms with Gasteiger partial charge in [0.25, 0.3) is 0 Å². The molecule has 0 bridgehead atoms. The van der Waals surface area contributed by atoms with Crippen LogP contribution in [0.25, 0.3) is 0 Å². The van der Waals surface area contributed by atoms with Crippen LogP contribution in [-0.2, 0) is 10.0 Å². The van der Waals surface area contributed by atoms with Crippen LogP contribution >= 0.6 is 11.6 Å². The Morgan fingerprint density at radius 1 is 1.19 bits per heavy atom. The molecule has 0 spiro atoms. The molecule has 0 aliphatic carbocycles. The molecule has 0 unspecified atom stereocenters. The maximum absolute atomic E-state index is 12.6. The van der Waals surface area contributed by atoms with Crippen LogP contribution in [-0.4, -0.2) is 50.3 Å². The van der Waals surface area contributed by atoms with Gasteiger partial charge in [-0.15, -0.1) is 0 Å². The SMILES string of the molecule is N#CCN1CCN(S(=O)(=O)c2cc(C#N)ccc2Cl)CC1. The third kappa shape index (κ3) is 3.34. The van der Waals surface area contributed by atoms with Crippen molar-refractivity contribution in [3.8, 4) is 12.1 Å². The lowest BCUT2D eigenvalue weighted by molar-refractivity contribution is 0.206. The monoisotopic (exact) mass is 324 g/mol. The van der Waals surface area contributed by atoms with E-state index < -0.39 is 10.0 Å². The van der Waals surface area contributed by atoms with Crippen LogP contribution < -0.4 is 0 Å². The molecule has 1 fully saturated rings. The molecule has 8 heteroatoms. The summed E-state index contributed by atoms with van der Waals surface area (Å²) < 4.78 is 26.5. The predicted molar refractivity (Wildman–Crippen MR) is 77.0 cm³/mol. The number of sulfonamides is 1. The minimum Gasteiger partial charge on any atom is -0.288 e. The molecule has 6 nitrogen and oxygen atoms in total. The van der Waals surface area contributed by atoms with E-state index in [1.807, 2.05) is 17.0 Å². The molecule has 1 aliphatic rings. The third-order valence-corrected chi connectivity index (χ3v) is 5.68. The lowest BCUT2D eigenvalue weighted by Crippen LogP contribution is -2.48. The Morgan fingerprint density at radius 3 is 2.43 bits per heavy atom. The van der Waals surface area contributed by atoms with Gasteiger partial charge in [-0.05, 0) is 18.2 Å². The number of hydrogen-bond acceptors (Lipinski definition) is 5. The first-order valence-electron chi connectivity index (χ1n) is 6.28. The molecule has 21 heavy (non-hydrogen) atoms. The first-order chi connectivity index (χ1) is 9.98. The second-order valence-corrected chi connectivity index (χ2v) is 6.91. The molecule has 0 atom stereocenters. The Balaban J connectivity index is 2.24. The van der Waals surface area contributed by atoms with Crippen LogP contribution in [0.2, 0.25) is 5.02 Å². The fourth-order valence-electron chi connectivity index (χ4n) is 2.14. The number of benzene rings is 1. The Labute approximate surface area is 128 Å². The average molecular weight is 325 g/mol. The van der Waals surface area contributed by atoms with E-state index in [0.717, 1.165) is 0 Å². The Morgan fingerprint density at radius 2 is 1.86 bits per heavy atom. The van der Waals surface area contributed by atoms with Crippen LogP contribution in [0.1, 0.15) is 5.56 Å². The molecular formula is C13H13ClN4O2S. The molecule has 1 aromatic carbocycles. The van der Waals surface area contributed by atoms with Crippen molar-refractivity contribution in [2.24, 2.45) is 0 Å². The smallest absolute Gasteiger partial charge is 0.244 e. The minimum atomic E-state index is -3.72. The highest BCUT2D eigenvalue weighted by atomic mass is 35.5. The van der Waals surface area contributed by atoms with E-state index in [-0.39, 0.29) is 15.5 Å². The largest absolute Gasteiger partial charge is 0.288 e. The van der Waals surface area contributed by atoms with Crippen molar-refractivity contribution in [3.05, 3.63) is 28.8 Å². The normalized spacial score (nSPS) is 17.1. The highest BCUT2D eigenvalue weighted by molar-refractivity contribution is 7.89. The van der Waals surface area contributed by atoms with Crippen molar-refractivity contribution in [1.29, 1.82) is 10.5 Å². The Kier molecular flexibility index (Phi) is 4.81. The quantitative estimate of drug-likeness (QED) is 0.775. The van der Waals surface area contributed by atoms with E-state index in [2.05, 4.69) is 0 Å². The molecule has 1 aromatic rings. The molecule has 0 radical (unpaired) electrons. The molecule has 2 rings (SSSR count). The van der Waals surface area contributed by atoms with E-state index in [4.69, 9.17) is 22.1 Å². The summed E-state index contributed by atoms with van der Waals surface area (Å²) in [6.07, 6.45) is 0. The van der Waals surface area contributed by atoms with E-state index in [1.54, 1.807) is 0 Å². The molecule has 0 N–H and O–H groups in total. The van der Waals surface area contributed by atoms with Gasteiger partial charge in [0.15, 0.2) is 0 Å². The van der Waals surface area contributed by atoms with Gasteiger partial charge >= 0.3 is 0 Å². The summed E-state index contributed by atoms with van der Waals surface area (Å²) in [4.78, 5) is 1.84. The van der Waals surface area contributed by atoms with Crippen LogP contribution in [0.3, 0.4) is 0 Å². The van der Waals surface area contributed by atoms with Gasteiger partial charge in [0.05, 0.1) is 29.3 Å². The summed E-state index contributed by atoms with van der Waals surface area (Å²) in [5, 5.41) is 17.6. The molecule has 1 saturated heterocycles. The average Bonchev–Trinajstić information content (AvgIpc) is 2.48. The maximum atomic E-state index is 12.6. The van der Waals surface area contributed by atoms with Crippen LogP contribution in [0, 0.1) is 22.7 Å². The lowest BCUT2D eigenvalue weighted by atomic mass is 10.2. The minimum absolute atomic E-state index is 0.0445. The number of hydrogen-bond donors (Lipinski definition) is 0. The zero-order chi connectivity index (χ0) is 15.5. The molecule has 0 aromatic heterocycles. The van der Waals surface area contributed by atoms with Crippen molar-refractivity contribution < 1.29 is 8.42 Å². The number of piperazine rings is 1. The molecule has 1 aliphatic heterocycles. The highest BCUT2D eigenvalue weighted by Crippen LogP contribution is 2.26. The summed E-state index contributed by atoms with van der Waals surface area (Å²) in [5.41, 5.74) is 0.251. The molecule has 1 heterocycles. The van der Waals surface area contributed by atoms with Gasteiger partial charge < -0.3 is 0 Å². The first kappa shape index (κ1) is 15.7. The lowest BCUT2D eigenvalue weighted by Gasteiger charge is -2.32. The van der Waals surface area contributed by atoms with Gasteiger partial charge in [-0.3, -0.25) is 4.90 Å². The highest BCUT2D eigenvalue weighted by Gasteiger charge is 2.30. The first-order valence-corrected chi connectivity index (χ1v) is 8.10. The molecule has 110 valence electrons. The molecule has 0 amide bonds. The van der Waals surface area contributed by atoms with Gasteiger partial charge in [-0.1, -0.05) is 11.6 Å². The summed E-state index contributed by atoms with van der Waals surface area (Å²) in [7, 11) is -3.72. The van der Waals surface area contributed by atoms with Crippen molar-refractivity contribution >= 4 is 21.6 Å². The van der Waals surface area contributed by atoms with Crippen molar-refractivity contribution in [3.63, 3.8) is 0 Å². The van der Waals surface area contributed by atoms with E-state index >= 15 is 0 Å². The van der Waals surface area contributed by atoms with Crippen LogP contribution in [0.15, 0.2) is 23.1 Å². The molecular weight excluding hydrogens is 312 g/mol. The topological polar surface area (TPSA) is 88.2 Å². The Hall–Kier alpha value is -1.64. The summed E-state index contributed by atoms with van der Waals surface area (Å²) >= 11 is 5.97. The zero-order valence-corrected chi connectivity index (χ0v) is 12.7. The standard InChI is InChI=1S/C13H13ClN4O2S/c14-12-2-1-11(10-16)9-13(12)21(19,20)18-7-5-17(4-3-15)6-8-18/h1-2,9H,4-8H2. The zero-order valence-electron chi connectivity index (χ0n) is 11.2. The number of rotatable bonds is 3. The van der Waals surface area contributed by atoms with Gasteiger partial charge in [-0.25, -0.2) is 8.42 Å². The van der Waals surface area contributed by atoms with Crippen LogP contribution in [0.4, 0.5) is 0 Å². The summed E-state index contributed by atoms with van der Waals surface area (Å²) in [5.74, 6) is 0. The van der Waals surface area contributed by atoms with Crippen molar-refractivity contribution in [1.82, 2.24) is 9.21 Å². The summed E-state index contributed by atoms with van der Waals surface area (Å²) in [6.45, 7) is 1.90. The van der Waals surface area contributed by atoms with Gasteiger partial charge in [-0.2, -0.15) is 14.8 Å². The third-order valence-electron chi connectivity index (χ3n) is 3.30. The van der Waals surface area contributed by atoms with Crippen molar-refractivity contribution in [2.45, 2.75) is 4.90 Å². The number of nitriles is 2.